The summed E-state index contributed by atoms with van der Waals surface area (Å²) in [5.41, 5.74) is 2.22. The molecule has 1 aromatic rings. The van der Waals surface area contributed by atoms with Crippen LogP contribution in [0.25, 0.3) is 0 Å². The molecule has 1 fully saturated rings. The van der Waals surface area contributed by atoms with Crippen LogP contribution >= 0.6 is 15.9 Å². The molecule has 1 saturated heterocycles. The lowest BCUT2D eigenvalue weighted by Crippen LogP contribution is -2.38. The predicted octanol–water partition coefficient (Wildman–Crippen LogP) is 3.25. The van der Waals surface area contributed by atoms with Crippen LogP contribution in [0.1, 0.15) is 18.4 Å². The van der Waals surface area contributed by atoms with Gasteiger partial charge in [0.05, 0.1) is 0 Å². The monoisotopic (exact) mass is 314 g/mol. The first-order chi connectivity index (χ1) is 8.61. The highest BCUT2D eigenvalue weighted by molar-refractivity contribution is 9.08. The van der Waals surface area contributed by atoms with Gasteiger partial charge in [0, 0.05) is 30.1 Å². The number of nitrogens with zero attached hydrogens (tertiary/aromatic N) is 2. The first-order valence-corrected chi connectivity index (χ1v) is 7.49. The number of hydrogen-bond donors (Lipinski definition) is 0. The molecule has 0 N–H and O–H groups in total. The van der Waals surface area contributed by atoms with Crippen LogP contribution in [0, 0.1) is 5.82 Å². The lowest BCUT2D eigenvalue weighted by Gasteiger charge is -2.30. The average Bonchev–Trinajstić information content (AvgIpc) is 2.76. The Morgan fingerprint density at radius 1 is 1.44 bits per heavy atom. The number of rotatable bonds is 4. The van der Waals surface area contributed by atoms with E-state index in [4.69, 9.17) is 0 Å². The normalized spacial score (nSPS) is 19.8. The summed E-state index contributed by atoms with van der Waals surface area (Å²) in [7, 11) is 4.21. The van der Waals surface area contributed by atoms with Gasteiger partial charge in [0.2, 0.25) is 0 Å². The van der Waals surface area contributed by atoms with Crippen LogP contribution in [0.5, 0.6) is 0 Å². The molecule has 0 radical (unpaired) electrons. The lowest BCUT2D eigenvalue weighted by atomic mass is 10.1. The largest absolute Gasteiger partial charge is 0.367 e. The number of hydrogen-bond acceptors (Lipinski definition) is 2. The third kappa shape index (κ3) is 3.04. The van der Waals surface area contributed by atoms with Gasteiger partial charge in [-0.25, -0.2) is 4.39 Å². The number of alkyl halides is 1. The summed E-state index contributed by atoms with van der Waals surface area (Å²) in [6, 6.07) is 5.66. The molecule has 100 valence electrons. The Labute approximate surface area is 117 Å². The maximum absolute atomic E-state index is 13.3. The molecule has 2 nitrogen and oxygen atoms in total. The topological polar surface area (TPSA) is 6.48 Å². The zero-order valence-electron chi connectivity index (χ0n) is 11.0. The Morgan fingerprint density at radius 3 is 2.89 bits per heavy atom. The van der Waals surface area contributed by atoms with Crippen molar-refractivity contribution in [3.05, 3.63) is 29.6 Å². The van der Waals surface area contributed by atoms with Crippen LogP contribution in [0.2, 0.25) is 0 Å². The minimum Gasteiger partial charge on any atom is -0.367 e. The van der Waals surface area contributed by atoms with Gasteiger partial charge < -0.3 is 9.80 Å². The minimum atomic E-state index is -0.156. The van der Waals surface area contributed by atoms with Crippen molar-refractivity contribution in [1.82, 2.24) is 4.90 Å². The van der Waals surface area contributed by atoms with Crippen LogP contribution in [0.4, 0.5) is 10.1 Å². The van der Waals surface area contributed by atoms with Gasteiger partial charge in [0.15, 0.2) is 0 Å². The molecule has 2 rings (SSSR count). The van der Waals surface area contributed by atoms with Crippen molar-refractivity contribution in [2.24, 2.45) is 0 Å². The van der Waals surface area contributed by atoms with E-state index in [2.05, 4.69) is 39.8 Å². The maximum atomic E-state index is 13.3. The first-order valence-electron chi connectivity index (χ1n) is 6.37. The predicted molar refractivity (Wildman–Crippen MR) is 78.0 cm³/mol. The van der Waals surface area contributed by atoms with Crippen molar-refractivity contribution in [1.29, 1.82) is 0 Å². The Hall–Kier alpha value is -0.610. The van der Waals surface area contributed by atoms with Gasteiger partial charge in [-0.3, -0.25) is 0 Å². The Balaban J connectivity index is 2.24. The smallest absolute Gasteiger partial charge is 0.123 e. The molecule has 0 spiro atoms. The summed E-state index contributed by atoms with van der Waals surface area (Å²) in [6.45, 7) is 2.13. The van der Waals surface area contributed by atoms with Gasteiger partial charge in [-0.15, -0.1) is 0 Å². The Bertz CT molecular complexity index is 409. The molecular formula is C14H20BrFN2. The molecule has 0 saturated carbocycles. The highest BCUT2D eigenvalue weighted by Crippen LogP contribution is 2.30. The molecule has 0 amide bonds. The van der Waals surface area contributed by atoms with E-state index in [1.807, 2.05) is 6.07 Å². The first kappa shape index (κ1) is 13.8. The quantitative estimate of drug-likeness (QED) is 0.787. The molecular weight excluding hydrogens is 295 g/mol. The molecule has 1 unspecified atom stereocenters. The van der Waals surface area contributed by atoms with Crippen LogP contribution in [-0.2, 0) is 5.33 Å². The van der Waals surface area contributed by atoms with E-state index in [9.17, 15) is 4.39 Å². The summed E-state index contributed by atoms with van der Waals surface area (Å²) in [4.78, 5) is 4.65. The maximum Gasteiger partial charge on any atom is 0.123 e. The zero-order chi connectivity index (χ0) is 13.1. The SMILES string of the molecule is CN(C)CC1CCCN1c1ccc(F)cc1CBr. The van der Waals surface area contributed by atoms with Gasteiger partial charge in [0.25, 0.3) is 0 Å². The van der Waals surface area contributed by atoms with E-state index in [0.29, 0.717) is 11.4 Å². The zero-order valence-corrected chi connectivity index (χ0v) is 12.6. The third-order valence-corrected chi connectivity index (χ3v) is 4.05. The van der Waals surface area contributed by atoms with Gasteiger partial charge in [-0.05, 0) is 50.7 Å². The number of halogens is 2. The van der Waals surface area contributed by atoms with Crippen LogP contribution < -0.4 is 4.90 Å². The minimum absolute atomic E-state index is 0.156. The van der Waals surface area contributed by atoms with E-state index in [-0.39, 0.29) is 5.82 Å². The van der Waals surface area contributed by atoms with Gasteiger partial charge >= 0.3 is 0 Å². The van der Waals surface area contributed by atoms with Crippen molar-refractivity contribution in [3.63, 3.8) is 0 Å². The number of benzene rings is 1. The standard InChI is InChI=1S/C14H20BrFN2/c1-17(2)10-13-4-3-7-18(13)14-6-5-12(16)8-11(14)9-15/h5-6,8,13H,3-4,7,9-10H2,1-2H3. The number of anilines is 1. The van der Waals surface area contributed by atoms with E-state index in [1.54, 1.807) is 12.1 Å². The molecule has 18 heavy (non-hydrogen) atoms. The lowest BCUT2D eigenvalue weighted by molar-refractivity contribution is 0.372. The van der Waals surface area contributed by atoms with Gasteiger partial charge in [-0.2, -0.15) is 0 Å². The Kier molecular flexibility index (Phi) is 4.62. The molecule has 4 heteroatoms. The van der Waals surface area contributed by atoms with E-state index in [0.717, 1.165) is 18.7 Å². The second-order valence-corrected chi connectivity index (χ2v) is 5.72. The molecule has 0 bridgehead atoms. The molecule has 0 aliphatic carbocycles. The van der Waals surface area contributed by atoms with Crippen LogP contribution in [0.3, 0.4) is 0 Å². The second kappa shape index (κ2) is 6.02. The van der Waals surface area contributed by atoms with E-state index < -0.39 is 0 Å². The van der Waals surface area contributed by atoms with Crippen molar-refractivity contribution >= 4 is 21.6 Å². The van der Waals surface area contributed by atoms with Crippen molar-refractivity contribution in [2.75, 3.05) is 32.1 Å². The third-order valence-electron chi connectivity index (χ3n) is 3.45. The molecule has 1 atom stereocenters. The summed E-state index contributed by atoms with van der Waals surface area (Å²) >= 11 is 3.46. The summed E-state index contributed by atoms with van der Waals surface area (Å²) in [5.74, 6) is -0.156. The second-order valence-electron chi connectivity index (χ2n) is 5.16. The fraction of sp³-hybridized carbons (Fsp3) is 0.571. The fourth-order valence-corrected chi connectivity index (χ4v) is 3.15. The fourth-order valence-electron chi connectivity index (χ4n) is 2.71. The molecule has 1 aliphatic rings. The molecule has 1 aliphatic heterocycles. The van der Waals surface area contributed by atoms with Crippen molar-refractivity contribution in [2.45, 2.75) is 24.2 Å². The van der Waals surface area contributed by atoms with Crippen LogP contribution in [-0.4, -0.2) is 38.1 Å². The molecule has 1 heterocycles. The average molecular weight is 315 g/mol. The van der Waals surface area contributed by atoms with Crippen molar-refractivity contribution in [3.8, 4) is 0 Å². The van der Waals surface area contributed by atoms with E-state index in [1.165, 1.54) is 18.5 Å². The summed E-state index contributed by atoms with van der Waals surface area (Å²) in [6.07, 6.45) is 2.44. The molecule has 1 aromatic carbocycles. The highest BCUT2D eigenvalue weighted by atomic mass is 79.9. The Morgan fingerprint density at radius 2 is 2.22 bits per heavy atom. The van der Waals surface area contributed by atoms with Crippen molar-refractivity contribution < 1.29 is 4.39 Å². The van der Waals surface area contributed by atoms with Gasteiger partial charge in [-0.1, -0.05) is 15.9 Å². The summed E-state index contributed by atoms with van der Waals surface area (Å²) < 4.78 is 13.3. The van der Waals surface area contributed by atoms with E-state index >= 15 is 0 Å². The number of likely N-dealkylation sites (N-methyl/N-ethyl adjacent to an activating group) is 1. The summed E-state index contributed by atoms with van der Waals surface area (Å²) in [5, 5.41) is 0.700. The van der Waals surface area contributed by atoms with Gasteiger partial charge in [0.1, 0.15) is 5.82 Å². The molecule has 0 aromatic heterocycles. The van der Waals surface area contributed by atoms with Crippen LogP contribution in [0.15, 0.2) is 18.2 Å². The highest BCUT2D eigenvalue weighted by Gasteiger charge is 2.26.